The summed E-state index contributed by atoms with van der Waals surface area (Å²) in [6, 6.07) is 6.21. The fraction of sp³-hybridized carbons (Fsp3) is 0.619. The van der Waals surface area contributed by atoms with E-state index in [-0.39, 0.29) is 17.8 Å². The molecule has 1 heterocycles. The summed E-state index contributed by atoms with van der Waals surface area (Å²) in [6.45, 7) is 6.01. The van der Waals surface area contributed by atoms with Crippen LogP contribution in [0.4, 0.5) is 10.1 Å². The van der Waals surface area contributed by atoms with Crippen LogP contribution in [0.3, 0.4) is 0 Å². The summed E-state index contributed by atoms with van der Waals surface area (Å²) in [6.07, 6.45) is 4.77. The van der Waals surface area contributed by atoms with Crippen LogP contribution >= 0.6 is 12.2 Å². The highest BCUT2D eigenvalue weighted by Gasteiger charge is 2.38. The maximum Gasteiger partial charge on any atom is 0.239 e. The molecule has 0 aromatic heterocycles. The fourth-order valence-electron chi connectivity index (χ4n) is 4.25. The van der Waals surface area contributed by atoms with Gasteiger partial charge in [-0.25, -0.2) is 4.39 Å². The zero-order valence-corrected chi connectivity index (χ0v) is 17.7. The minimum absolute atomic E-state index is 0.00627. The molecule has 2 fully saturated rings. The van der Waals surface area contributed by atoms with Crippen molar-refractivity contribution in [3.8, 4) is 0 Å². The highest BCUT2D eigenvalue weighted by atomic mass is 32.1. The second kappa shape index (κ2) is 9.65. The van der Waals surface area contributed by atoms with Gasteiger partial charge >= 0.3 is 0 Å². The molecule has 1 aromatic carbocycles. The SMILES string of the molecule is CCN(C)C(=O)C(C1CCCC1)N1CCN(C(=S)Nc2ccc(F)cc2)CC1. The van der Waals surface area contributed by atoms with Gasteiger partial charge in [-0.2, -0.15) is 0 Å². The average molecular weight is 407 g/mol. The van der Waals surface area contributed by atoms with E-state index < -0.39 is 0 Å². The van der Waals surface area contributed by atoms with E-state index in [2.05, 4.69) is 15.1 Å². The van der Waals surface area contributed by atoms with Crippen molar-refractivity contribution in [1.29, 1.82) is 0 Å². The molecule has 1 saturated heterocycles. The van der Waals surface area contributed by atoms with E-state index in [1.165, 1.54) is 25.0 Å². The molecule has 5 nitrogen and oxygen atoms in total. The molecule has 3 rings (SSSR count). The Bertz CT molecular complexity index is 669. The highest BCUT2D eigenvalue weighted by Crippen LogP contribution is 2.31. The second-order valence-electron chi connectivity index (χ2n) is 7.80. The molecule has 0 bridgehead atoms. The van der Waals surface area contributed by atoms with Crippen molar-refractivity contribution in [2.45, 2.75) is 38.6 Å². The highest BCUT2D eigenvalue weighted by molar-refractivity contribution is 7.80. The Morgan fingerprint density at radius 3 is 2.39 bits per heavy atom. The summed E-state index contributed by atoms with van der Waals surface area (Å²) in [4.78, 5) is 19.4. The van der Waals surface area contributed by atoms with Crippen LogP contribution < -0.4 is 5.32 Å². The number of amides is 1. The number of hydrogen-bond acceptors (Lipinski definition) is 3. The summed E-state index contributed by atoms with van der Waals surface area (Å²) < 4.78 is 13.1. The molecule has 0 radical (unpaired) electrons. The average Bonchev–Trinajstić information content (AvgIpc) is 3.24. The molecule has 154 valence electrons. The van der Waals surface area contributed by atoms with E-state index in [4.69, 9.17) is 12.2 Å². The number of nitrogens with zero attached hydrogens (tertiary/aromatic N) is 3. The van der Waals surface area contributed by atoms with Gasteiger partial charge in [0.1, 0.15) is 5.82 Å². The van der Waals surface area contributed by atoms with E-state index in [0.717, 1.165) is 51.3 Å². The molecule has 1 aliphatic carbocycles. The third kappa shape index (κ3) is 5.00. The first kappa shape index (κ1) is 21.0. The van der Waals surface area contributed by atoms with E-state index in [9.17, 15) is 9.18 Å². The zero-order valence-electron chi connectivity index (χ0n) is 16.9. The number of piperazine rings is 1. The number of carbonyl (C=O) groups excluding carboxylic acids is 1. The first-order valence-corrected chi connectivity index (χ1v) is 10.7. The van der Waals surface area contributed by atoms with Crippen molar-refractivity contribution >= 4 is 28.9 Å². The molecule has 7 heteroatoms. The van der Waals surface area contributed by atoms with Gasteiger partial charge < -0.3 is 15.1 Å². The van der Waals surface area contributed by atoms with E-state index in [0.29, 0.717) is 11.0 Å². The molecule has 0 spiro atoms. The molecule has 2 aliphatic rings. The Kier molecular flexibility index (Phi) is 7.24. The lowest BCUT2D eigenvalue weighted by molar-refractivity contribution is -0.138. The summed E-state index contributed by atoms with van der Waals surface area (Å²) in [7, 11) is 1.91. The predicted molar refractivity (Wildman–Crippen MR) is 115 cm³/mol. The van der Waals surface area contributed by atoms with Crippen LogP contribution in [-0.2, 0) is 4.79 Å². The molecular weight excluding hydrogens is 375 g/mol. The van der Waals surface area contributed by atoms with E-state index in [1.807, 2.05) is 18.9 Å². The third-order valence-electron chi connectivity index (χ3n) is 6.04. The van der Waals surface area contributed by atoms with Gasteiger partial charge in [-0.15, -0.1) is 0 Å². The van der Waals surface area contributed by atoms with E-state index in [1.54, 1.807) is 12.1 Å². The lowest BCUT2D eigenvalue weighted by Gasteiger charge is -2.42. The summed E-state index contributed by atoms with van der Waals surface area (Å²) >= 11 is 5.54. The number of thiocarbonyl (C=S) groups is 1. The normalized spacial score (nSPS) is 19.5. The summed E-state index contributed by atoms with van der Waals surface area (Å²) in [5.41, 5.74) is 0.789. The van der Waals surface area contributed by atoms with Gasteiger partial charge in [0.2, 0.25) is 5.91 Å². The van der Waals surface area contributed by atoms with Crippen LogP contribution in [0.1, 0.15) is 32.6 Å². The zero-order chi connectivity index (χ0) is 20.1. The van der Waals surface area contributed by atoms with Crippen LogP contribution in [0, 0.1) is 11.7 Å². The Morgan fingerprint density at radius 1 is 1.21 bits per heavy atom. The van der Waals surface area contributed by atoms with Gasteiger partial charge in [0, 0.05) is 45.5 Å². The molecule has 1 saturated carbocycles. The largest absolute Gasteiger partial charge is 0.346 e. The number of halogens is 1. The summed E-state index contributed by atoms with van der Waals surface area (Å²) in [5, 5.41) is 3.84. The number of carbonyl (C=O) groups is 1. The number of likely N-dealkylation sites (N-methyl/N-ethyl adjacent to an activating group) is 1. The Hall–Kier alpha value is -1.73. The monoisotopic (exact) mass is 406 g/mol. The standard InChI is InChI=1S/C21H31FN4OS/c1-3-24(2)20(27)19(16-6-4-5-7-16)25-12-14-26(15-13-25)21(28)23-18-10-8-17(22)9-11-18/h8-11,16,19H,3-7,12-15H2,1-2H3,(H,23,28). The molecule has 1 unspecified atom stereocenters. The van der Waals surface area contributed by atoms with Crippen LogP contribution in [0.2, 0.25) is 0 Å². The second-order valence-corrected chi connectivity index (χ2v) is 8.19. The smallest absolute Gasteiger partial charge is 0.239 e. The topological polar surface area (TPSA) is 38.8 Å². The van der Waals surface area contributed by atoms with Crippen molar-refractivity contribution in [2.75, 3.05) is 45.1 Å². The van der Waals surface area contributed by atoms with Crippen molar-refractivity contribution in [2.24, 2.45) is 5.92 Å². The van der Waals surface area contributed by atoms with Gasteiger partial charge in [0.05, 0.1) is 6.04 Å². The summed E-state index contributed by atoms with van der Waals surface area (Å²) in [5.74, 6) is 0.469. The first-order valence-electron chi connectivity index (χ1n) is 10.3. The minimum Gasteiger partial charge on any atom is -0.346 e. The quantitative estimate of drug-likeness (QED) is 0.761. The van der Waals surface area contributed by atoms with Crippen molar-refractivity contribution in [1.82, 2.24) is 14.7 Å². The van der Waals surface area contributed by atoms with Gasteiger partial charge in [0.15, 0.2) is 5.11 Å². The number of rotatable bonds is 5. The van der Waals surface area contributed by atoms with Crippen LogP contribution in [0.5, 0.6) is 0 Å². The molecule has 1 N–H and O–H groups in total. The van der Waals surface area contributed by atoms with Crippen LogP contribution in [-0.4, -0.2) is 71.5 Å². The van der Waals surface area contributed by atoms with Crippen LogP contribution in [0.15, 0.2) is 24.3 Å². The van der Waals surface area contributed by atoms with Gasteiger partial charge in [-0.05, 0) is 62.2 Å². The number of anilines is 1. The van der Waals surface area contributed by atoms with Crippen LogP contribution in [0.25, 0.3) is 0 Å². The predicted octanol–water partition coefficient (Wildman–Crippen LogP) is 3.18. The Balaban J connectivity index is 1.59. The Labute approximate surface area is 172 Å². The molecular formula is C21H31FN4OS. The molecule has 1 atom stereocenters. The lowest BCUT2D eigenvalue weighted by Crippen LogP contribution is -2.58. The van der Waals surface area contributed by atoms with Crippen molar-refractivity contribution < 1.29 is 9.18 Å². The maximum absolute atomic E-state index is 13.1. The minimum atomic E-state index is -0.259. The van der Waals surface area contributed by atoms with Gasteiger partial charge in [-0.3, -0.25) is 9.69 Å². The number of nitrogens with one attached hydrogen (secondary N) is 1. The van der Waals surface area contributed by atoms with E-state index >= 15 is 0 Å². The number of benzene rings is 1. The van der Waals surface area contributed by atoms with Gasteiger partial charge in [-0.1, -0.05) is 12.8 Å². The lowest BCUT2D eigenvalue weighted by atomic mass is 9.94. The van der Waals surface area contributed by atoms with Gasteiger partial charge in [0.25, 0.3) is 0 Å². The third-order valence-corrected chi connectivity index (χ3v) is 6.40. The molecule has 28 heavy (non-hydrogen) atoms. The van der Waals surface area contributed by atoms with Crippen molar-refractivity contribution in [3.05, 3.63) is 30.1 Å². The molecule has 1 aliphatic heterocycles. The van der Waals surface area contributed by atoms with Crippen molar-refractivity contribution in [3.63, 3.8) is 0 Å². The Morgan fingerprint density at radius 2 is 1.82 bits per heavy atom. The first-order chi connectivity index (χ1) is 13.5. The molecule has 1 amide bonds. The fourth-order valence-corrected chi connectivity index (χ4v) is 4.55. The molecule has 1 aromatic rings. The maximum atomic E-state index is 13.1. The number of hydrogen-bond donors (Lipinski definition) is 1.